The first kappa shape index (κ1) is 22.2. The highest BCUT2D eigenvalue weighted by atomic mass is 32.2. The van der Waals surface area contributed by atoms with Gasteiger partial charge in [-0.25, -0.2) is 4.79 Å². The number of fused-ring (bicyclic) bond motifs is 1. The van der Waals surface area contributed by atoms with Crippen molar-refractivity contribution in [3.05, 3.63) is 77.0 Å². The van der Waals surface area contributed by atoms with Crippen molar-refractivity contribution in [2.75, 3.05) is 17.7 Å². The third kappa shape index (κ3) is 4.44. The van der Waals surface area contributed by atoms with Crippen LogP contribution in [0.4, 0.5) is 5.95 Å². The van der Waals surface area contributed by atoms with Crippen LogP contribution in [0.15, 0.2) is 70.2 Å². The lowest BCUT2D eigenvalue weighted by Crippen LogP contribution is -2.31. The lowest BCUT2D eigenvalue weighted by atomic mass is 9.95. The van der Waals surface area contributed by atoms with E-state index in [2.05, 4.69) is 31.0 Å². The number of hydrogen-bond donors (Lipinski definition) is 1. The first-order valence-corrected chi connectivity index (χ1v) is 12.5. The Labute approximate surface area is 204 Å². The molecule has 172 valence electrons. The summed E-state index contributed by atoms with van der Waals surface area (Å²) in [5.74, 6) is 0.517. The Morgan fingerprint density at radius 2 is 1.91 bits per heavy atom. The minimum Gasteiger partial charge on any atom is -0.463 e. The summed E-state index contributed by atoms with van der Waals surface area (Å²) in [6.07, 6.45) is 0. The number of rotatable bonds is 7. The van der Waals surface area contributed by atoms with Crippen molar-refractivity contribution in [2.45, 2.75) is 24.2 Å². The van der Waals surface area contributed by atoms with Gasteiger partial charge in [0.15, 0.2) is 4.34 Å². The van der Waals surface area contributed by atoms with Crippen LogP contribution in [-0.4, -0.2) is 48.7 Å². The number of aryl methyl sites for hydroxylation is 1. The van der Waals surface area contributed by atoms with E-state index in [0.29, 0.717) is 23.0 Å². The SMILES string of the molecule is CCOC(=O)C1=C(CSc2nnc(-c3ccccc3)s2)Nc2nnnn2C1c1ccc(C)cc1. The number of aromatic nitrogens is 6. The second kappa shape index (κ2) is 9.74. The molecule has 1 atom stereocenters. The average molecular weight is 492 g/mol. The third-order valence-electron chi connectivity index (χ3n) is 5.25. The molecule has 1 unspecified atom stereocenters. The van der Waals surface area contributed by atoms with Gasteiger partial charge in [0.25, 0.3) is 0 Å². The van der Waals surface area contributed by atoms with E-state index < -0.39 is 12.0 Å². The molecule has 0 saturated heterocycles. The van der Waals surface area contributed by atoms with Gasteiger partial charge in [0.05, 0.1) is 12.2 Å². The predicted octanol–water partition coefficient (Wildman–Crippen LogP) is 4.12. The third-order valence-corrected chi connectivity index (χ3v) is 7.39. The minimum atomic E-state index is -0.504. The van der Waals surface area contributed by atoms with Crippen LogP contribution in [0, 0.1) is 6.92 Å². The molecule has 1 aliphatic heterocycles. The Hall–Kier alpha value is -3.57. The molecule has 11 heteroatoms. The Morgan fingerprint density at radius 1 is 1.12 bits per heavy atom. The lowest BCUT2D eigenvalue weighted by Gasteiger charge is -2.28. The fraction of sp³-hybridized carbons (Fsp3) is 0.217. The fourth-order valence-electron chi connectivity index (χ4n) is 3.65. The minimum absolute atomic E-state index is 0.267. The van der Waals surface area contributed by atoms with E-state index in [9.17, 15) is 4.79 Å². The molecule has 34 heavy (non-hydrogen) atoms. The number of nitrogens with zero attached hydrogens (tertiary/aromatic N) is 6. The van der Waals surface area contributed by atoms with Gasteiger partial charge in [0.2, 0.25) is 5.95 Å². The molecule has 3 heterocycles. The van der Waals surface area contributed by atoms with E-state index >= 15 is 0 Å². The van der Waals surface area contributed by atoms with E-state index in [1.165, 1.54) is 23.1 Å². The van der Waals surface area contributed by atoms with Crippen LogP contribution in [0.2, 0.25) is 0 Å². The van der Waals surface area contributed by atoms with E-state index in [4.69, 9.17) is 4.74 Å². The van der Waals surface area contributed by atoms with Crippen LogP contribution in [0.5, 0.6) is 0 Å². The van der Waals surface area contributed by atoms with Crippen molar-refractivity contribution < 1.29 is 9.53 Å². The van der Waals surface area contributed by atoms with Crippen LogP contribution >= 0.6 is 23.1 Å². The first-order chi connectivity index (χ1) is 16.6. The van der Waals surface area contributed by atoms with E-state index in [1.807, 2.05) is 61.5 Å². The standard InChI is InChI=1S/C23H21N7O2S2/c1-3-32-21(31)18-17(13-33-23-27-25-20(34-23)16-7-5-4-6-8-16)24-22-26-28-29-30(22)19(18)15-11-9-14(2)10-12-15/h4-12,19H,3,13H2,1-2H3,(H,24,26,29). The van der Waals surface area contributed by atoms with E-state index in [0.717, 1.165) is 26.0 Å². The van der Waals surface area contributed by atoms with Gasteiger partial charge < -0.3 is 10.1 Å². The number of esters is 1. The van der Waals surface area contributed by atoms with Crippen LogP contribution < -0.4 is 5.32 Å². The summed E-state index contributed by atoms with van der Waals surface area (Å²) in [4.78, 5) is 13.2. The number of benzene rings is 2. The molecule has 9 nitrogen and oxygen atoms in total. The topological polar surface area (TPSA) is 108 Å². The molecule has 0 amide bonds. The summed E-state index contributed by atoms with van der Waals surface area (Å²) in [6.45, 7) is 4.08. The van der Waals surface area contributed by atoms with Crippen molar-refractivity contribution in [1.82, 2.24) is 30.4 Å². The summed E-state index contributed by atoms with van der Waals surface area (Å²) in [5.41, 5.74) is 4.21. The molecule has 2 aromatic heterocycles. The summed E-state index contributed by atoms with van der Waals surface area (Å²) < 4.78 is 7.85. The van der Waals surface area contributed by atoms with Gasteiger partial charge in [-0.1, -0.05) is 88.4 Å². The molecule has 5 rings (SSSR count). The van der Waals surface area contributed by atoms with Gasteiger partial charge in [-0.2, -0.15) is 4.68 Å². The Bertz CT molecular complexity index is 1330. The van der Waals surface area contributed by atoms with Gasteiger partial charge in [-0.05, 0) is 29.8 Å². The van der Waals surface area contributed by atoms with E-state index in [-0.39, 0.29) is 6.61 Å². The lowest BCUT2D eigenvalue weighted by molar-refractivity contribution is -0.139. The Morgan fingerprint density at radius 3 is 2.68 bits per heavy atom. The van der Waals surface area contributed by atoms with E-state index in [1.54, 1.807) is 11.6 Å². The van der Waals surface area contributed by atoms with Crippen molar-refractivity contribution in [3.8, 4) is 10.6 Å². The van der Waals surface area contributed by atoms with Crippen LogP contribution in [0.1, 0.15) is 24.1 Å². The number of tetrazole rings is 1. The van der Waals surface area contributed by atoms with Gasteiger partial charge in [-0.15, -0.1) is 10.2 Å². The number of anilines is 1. The molecule has 1 N–H and O–H groups in total. The van der Waals surface area contributed by atoms with Gasteiger partial charge in [-0.3, -0.25) is 0 Å². The maximum atomic E-state index is 13.2. The van der Waals surface area contributed by atoms with Crippen LogP contribution in [-0.2, 0) is 9.53 Å². The monoisotopic (exact) mass is 491 g/mol. The fourth-order valence-corrected chi connectivity index (χ4v) is 5.48. The largest absolute Gasteiger partial charge is 0.463 e. The van der Waals surface area contributed by atoms with Crippen LogP contribution in [0.25, 0.3) is 10.6 Å². The Balaban J connectivity index is 1.49. The van der Waals surface area contributed by atoms with Gasteiger partial charge in [0, 0.05) is 17.0 Å². The molecule has 0 radical (unpaired) electrons. The highest BCUT2D eigenvalue weighted by molar-refractivity contribution is 8.01. The number of hydrogen-bond acceptors (Lipinski definition) is 10. The molecule has 0 fully saturated rings. The quantitative estimate of drug-likeness (QED) is 0.302. The number of thioether (sulfide) groups is 1. The zero-order valence-electron chi connectivity index (χ0n) is 18.5. The molecule has 0 spiro atoms. The second-order valence-corrected chi connectivity index (χ2v) is 9.73. The summed E-state index contributed by atoms with van der Waals surface area (Å²) in [5, 5.41) is 24.8. The van der Waals surface area contributed by atoms with Crippen molar-refractivity contribution in [1.29, 1.82) is 0 Å². The highest BCUT2D eigenvalue weighted by Gasteiger charge is 2.36. The maximum Gasteiger partial charge on any atom is 0.338 e. The average Bonchev–Trinajstić information content (AvgIpc) is 3.53. The number of carbonyl (C=O) groups excluding carboxylic acids is 1. The maximum absolute atomic E-state index is 13.2. The zero-order valence-corrected chi connectivity index (χ0v) is 20.1. The molecule has 4 aromatic rings. The normalized spacial score (nSPS) is 15.1. The van der Waals surface area contributed by atoms with Crippen LogP contribution in [0.3, 0.4) is 0 Å². The smallest absolute Gasteiger partial charge is 0.338 e. The number of carbonyl (C=O) groups is 1. The van der Waals surface area contributed by atoms with Gasteiger partial charge in [0.1, 0.15) is 11.0 Å². The summed E-state index contributed by atoms with van der Waals surface area (Å²) >= 11 is 3.01. The Kier molecular flexibility index (Phi) is 6.37. The van der Waals surface area contributed by atoms with Crippen molar-refractivity contribution in [3.63, 3.8) is 0 Å². The predicted molar refractivity (Wildman–Crippen MR) is 130 cm³/mol. The van der Waals surface area contributed by atoms with Gasteiger partial charge >= 0.3 is 5.97 Å². The summed E-state index contributed by atoms with van der Waals surface area (Å²) in [7, 11) is 0. The molecule has 2 aromatic carbocycles. The van der Waals surface area contributed by atoms with Crippen molar-refractivity contribution in [2.24, 2.45) is 0 Å². The van der Waals surface area contributed by atoms with Crippen molar-refractivity contribution >= 4 is 35.0 Å². The molecule has 0 aliphatic carbocycles. The molecule has 0 saturated carbocycles. The first-order valence-electron chi connectivity index (χ1n) is 10.7. The second-order valence-electron chi connectivity index (χ2n) is 7.53. The molecule has 0 bridgehead atoms. The highest BCUT2D eigenvalue weighted by Crippen LogP contribution is 2.38. The molecular weight excluding hydrogens is 470 g/mol. The molecular formula is C23H21N7O2S2. The summed E-state index contributed by atoms with van der Waals surface area (Å²) in [6, 6.07) is 17.4. The zero-order chi connectivity index (χ0) is 23.5. The number of nitrogens with one attached hydrogen (secondary N) is 1. The molecule has 1 aliphatic rings. The number of ether oxygens (including phenoxy) is 1.